The summed E-state index contributed by atoms with van der Waals surface area (Å²) in [7, 11) is 0. The normalized spacial score (nSPS) is 23.0. The molecular weight excluding hydrogens is 288 g/mol. The Bertz CT molecular complexity index is 868. The molecule has 3 heteroatoms. The van der Waals surface area contributed by atoms with E-state index < -0.39 is 5.41 Å². The van der Waals surface area contributed by atoms with Crippen LogP contribution in [0.5, 0.6) is 5.75 Å². The molecule has 2 aromatic rings. The SMILES string of the molecule is C=CC1(C)CC(C=C(C)C)Oc2c1c(=O)oc1cccc(C)c21. The number of allylic oxidation sites excluding steroid dienone is 2. The molecule has 2 heterocycles. The molecule has 2 unspecified atom stereocenters. The summed E-state index contributed by atoms with van der Waals surface area (Å²) in [6.45, 7) is 12.1. The van der Waals surface area contributed by atoms with Crippen LogP contribution in [0.2, 0.25) is 0 Å². The van der Waals surface area contributed by atoms with Gasteiger partial charge in [0.05, 0.1) is 10.9 Å². The van der Waals surface area contributed by atoms with Gasteiger partial charge in [0.25, 0.3) is 0 Å². The lowest BCUT2D eigenvalue weighted by atomic mass is 9.75. The lowest BCUT2D eigenvalue weighted by molar-refractivity contribution is 0.181. The van der Waals surface area contributed by atoms with Crippen LogP contribution in [-0.4, -0.2) is 6.10 Å². The van der Waals surface area contributed by atoms with Crippen molar-refractivity contribution in [1.29, 1.82) is 0 Å². The van der Waals surface area contributed by atoms with Gasteiger partial charge in [-0.15, -0.1) is 6.58 Å². The van der Waals surface area contributed by atoms with Crippen molar-refractivity contribution in [3.63, 3.8) is 0 Å². The van der Waals surface area contributed by atoms with Crippen molar-refractivity contribution >= 4 is 11.0 Å². The van der Waals surface area contributed by atoms with Crippen molar-refractivity contribution in [3.05, 3.63) is 64.1 Å². The molecule has 0 radical (unpaired) electrons. The second kappa shape index (κ2) is 5.41. The smallest absolute Gasteiger partial charge is 0.344 e. The molecule has 0 saturated heterocycles. The van der Waals surface area contributed by atoms with E-state index in [1.807, 2.05) is 52.0 Å². The zero-order valence-corrected chi connectivity index (χ0v) is 14.1. The molecule has 2 atom stereocenters. The number of hydrogen-bond donors (Lipinski definition) is 0. The number of rotatable bonds is 2. The van der Waals surface area contributed by atoms with Gasteiger partial charge in [0.15, 0.2) is 0 Å². The Balaban J connectivity index is 2.38. The van der Waals surface area contributed by atoms with Gasteiger partial charge in [0.1, 0.15) is 17.4 Å². The number of aryl methyl sites for hydroxylation is 1. The van der Waals surface area contributed by atoms with Gasteiger partial charge in [-0.2, -0.15) is 0 Å². The van der Waals surface area contributed by atoms with Crippen molar-refractivity contribution < 1.29 is 9.15 Å². The fourth-order valence-electron chi connectivity index (χ4n) is 3.36. The minimum absolute atomic E-state index is 0.0832. The monoisotopic (exact) mass is 310 g/mol. The highest BCUT2D eigenvalue weighted by atomic mass is 16.5. The van der Waals surface area contributed by atoms with Gasteiger partial charge in [-0.1, -0.05) is 30.7 Å². The summed E-state index contributed by atoms with van der Waals surface area (Å²) in [6, 6.07) is 5.70. The van der Waals surface area contributed by atoms with Gasteiger partial charge in [-0.25, -0.2) is 4.79 Å². The molecule has 1 aliphatic heterocycles. The van der Waals surface area contributed by atoms with E-state index in [0.717, 1.165) is 10.9 Å². The molecule has 0 bridgehead atoms. The predicted octanol–water partition coefficient (Wildman–Crippen LogP) is 4.66. The molecule has 0 aliphatic carbocycles. The Labute approximate surface area is 136 Å². The Morgan fingerprint density at radius 3 is 2.78 bits per heavy atom. The zero-order chi connectivity index (χ0) is 16.8. The maximum Gasteiger partial charge on any atom is 0.344 e. The van der Waals surface area contributed by atoms with E-state index in [-0.39, 0.29) is 11.7 Å². The standard InChI is InChI=1S/C20H22O3/c1-6-20(5)11-14(10-12(2)3)22-18-16-13(4)8-7-9-15(16)23-19(21)17(18)20/h6-10,14H,1,11H2,2-5H3. The molecule has 3 nitrogen and oxygen atoms in total. The first kappa shape index (κ1) is 15.6. The van der Waals surface area contributed by atoms with Crippen LogP contribution >= 0.6 is 0 Å². The summed E-state index contributed by atoms with van der Waals surface area (Å²) >= 11 is 0. The van der Waals surface area contributed by atoms with E-state index in [4.69, 9.17) is 9.15 Å². The molecule has 0 N–H and O–H groups in total. The lowest BCUT2D eigenvalue weighted by Gasteiger charge is -2.36. The zero-order valence-electron chi connectivity index (χ0n) is 14.1. The topological polar surface area (TPSA) is 39.4 Å². The van der Waals surface area contributed by atoms with E-state index >= 15 is 0 Å². The van der Waals surface area contributed by atoms with Crippen LogP contribution in [0.25, 0.3) is 11.0 Å². The highest BCUT2D eigenvalue weighted by molar-refractivity contribution is 5.88. The summed E-state index contributed by atoms with van der Waals surface area (Å²) in [5, 5.41) is 0.877. The highest BCUT2D eigenvalue weighted by Gasteiger charge is 2.39. The largest absolute Gasteiger partial charge is 0.485 e. The number of ether oxygens (including phenoxy) is 1. The minimum Gasteiger partial charge on any atom is -0.485 e. The first-order valence-corrected chi connectivity index (χ1v) is 7.88. The summed E-state index contributed by atoms with van der Waals surface area (Å²) in [6.07, 6.45) is 4.53. The number of hydrogen-bond acceptors (Lipinski definition) is 3. The average molecular weight is 310 g/mol. The average Bonchev–Trinajstić information content (AvgIpc) is 2.45. The van der Waals surface area contributed by atoms with Gasteiger partial charge in [-0.3, -0.25) is 0 Å². The van der Waals surface area contributed by atoms with Crippen LogP contribution in [0.1, 0.15) is 38.3 Å². The molecular formula is C20H22O3. The van der Waals surface area contributed by atoms with Crippen LogP contribution in [0.4, 0.5) is 0 Å². The molecule has 0 saturated carbocycles. The van der Waals surface area contributed by atoms with Crippen LogP contribution in [-0.2, 0) is 5.41 Å². The Morgan fingerprint density at radius 2 is 2.13 bits per heavy atom. The van der Waals surface area contributed by atoms with Crippen molar-refractivity contribution in [1.82, 2.24) is 0 Å². The third-order valence-electron chi connectivity index (χ3n) is 4.53. The second-order valence-corrected chi connectivity index (χ2v) is 6.77. The predicted molar refractivity (Wildman–Crippen MR) is 93.2 cm³/mol. The second-order valence-electron chi connectivity index (χ2n) is 6.77. The Morgan fingerprint density at radius 1 is 1.39 bits per heavy atom. The molecule has 0 amide bonds. The molecule has 120 valence electrons. The summed E-state index contributed by atoms with van der Waals surface area (Å²) < 4.78 is 11.8. The van der Waals surface area contributed by atoms with Gasteiger partial charge in [-0.05, 0) is 38.5 Å². The van der Waals surface area contributed by atoms with E-state index in [0.29, 0.717) is 23.3 Å². The maximum absolute atomic E-state index is 12.6. The fourth-order valence-corrected chi connectivity index (χ4v) is 3.36. The third-order valence-corrected chi connectivity index (χ3v) is 4.53. The van der Waals surface area contributed by atoms with Gasteiger partial charge < -0.3 is 9.15 Å². The summed E-state index contributed by atoms with van der Waals surface area (Å²) in [5.74, 6) is 0.644. The van der Waals surface area contributed by atoms with Crippen molar-refractivity contribution in [2.45, 2.75) is 45.6 Å². The molecule has 23 heavy (non-hydrogen) atoms. The highest BCUT2D eigenvalue weighted by Crippen LogP contribution is 2.44. The summed E-state index contributed by atoms with van der Waals surface area (Å²) in [4.78, 5) is 12.6. The van der Waals surface area contributed by atoms with Gasteiger partial charge in [0, 0.05) is 11.8 Å². The van der Waals surface area contributed by atoms with Crippen LogP contribution in [0.15, 0.2) is 51.7 Å². The summed E-state index contributed by atoms with van der Waals surface area (Å²) in [5.41, 5.74) is 2.56. The Hall–Kier alpha value is -2.29. The third kappa shape index (κ3) is 2.50. The van der Waals surface area contributed by atoms with Crippen molar-refractivity contribution in [2.75, 3.05) is 0 Å². The molecule has 1 aromatic carbocycles. The van der Waals surface area contributed by atoms with E-state index in [1.165, 1.54) is 5.57 Å². The van der Waals surface area contributed by atoms with E-state index in [1.54, 1.807) is 0 Å². The lowest BCUT2D eigenvalue weighted by Crippen LogP contribution is -2.38. The molecule has 3 rings (SSSR count). The van der Waals surface area contributed by atoms with E-state index in [9.17, 15) is 4.79 Å². The van der Waals surface area contributed by atoms with Crippen LogP contribution < -0.4 is 10.4 Å². The molecule has 1 aromatic heterocycles. The fraction of sp³-hybridized carbons (Fsp3) is 0.350. The molecule has 0 spiro atoms. The van der Waals surface area contributed by atoms with Crippen molar-refractivity contribution in [3.8, 4) is 5.75 Å². The molecule has 1 aliphatic rings. The number of benzene rings is 1. The first-order chi connectivity index (χ1) is 10.9. The van der Waals surface area contributed by atoms with Gasteiger partial charge >= 0.3 is 5.63 Å². The Kier molecular flexibility index (Phi) is 3.67. The number of fused-ring (bicyclic) bond motifs is 3. The quantitative estimate of drug-likeness (QED) is 0.598. The molecule has 0 fully saturated rings. The van der Waals surface area contributed by atoms with E-state index in [2.05, 4.69) is 12.7 Å². The van der Waals surface area contributed by atoms with Crippen LogP contribution in [0.3, 0.4) is 0 Å². The minimum atomic E-state index is -0.471. The maximum atomic E-state index is 12.6. The van der Waals surface area contributed by atoms with Crippen molar-refractivity contribution in [2.24, 2.45) is 0 Å². The van der Waals surface area contributed by atoms with Crippen LogP contribution in [0, 0.1) is 6.92 Å². The van der Waals surface area contributed by atoms with Gasteiger partial charge in [0.2, 0.25) is 0 Å². The first-order valence-electron chi connectivity index (χ1n) is 7.88.